The number of rotatable bonds is 3. The molecule has 0 aliphatic heterocycles. The summed E-state index contributed by atoms with van der Waals surface area (Å²) in [4.78, 5) is 19.6. The summed E-state index contributed by atoms with van der Waals surface area (Å²) in [7, 11) is 1.76. The van der Waals surface area contributed by atoms with Crippen LogP contribution in [0.25, 0.3) is 0 Å². The molecule has 1 N–H and O–H groups in total. The summed E-state index contributed by atoms with van der Waals surface area (Å²) in [5, 5.41) is 7.17. The Labute approximate surface area is 103 Å². The second kappa shape index (κ2) is 4.92. The molecule has 0 saturated carbocycles. The van der Waals surface area contributed by atoms with Crippen LogP contribution in [0.3, 0.4) is 0 Å². The van der Waals surface area contributed by atoms with Crippen molar-refractivity contribution >= 4 is 17.5 Å². The zero-order chi connectivity index (χ0) is 12.3. The Morgan fingerprint density at radius 2 is 2.35 bits per heavy atom. The highest BCUT2D eigenvalue weighted by Crippen LogP contribution is 2.07. The molecular weight excluding hydrogens is 242 g/mol. The first-order chi connectivity index (χ1) is 8.15. The van der Waals surface area contributed by atoms with Crippen molar-refractivity contribution in [1.82, 2.24) is 25.1 Å². The molecule has 2 aromatic rings. The number of aromatic nitrogens is 4. The highest BCUT2D eigenvalue weighted by Gasteiger charge is 2.08. The van der Waals surface area contributed by atoms with E-state index in [1.54, 1.807) is 24.1 Å². The van der Waals surface area contributed by atoms with Gasteiger partial charge in [-0.1, -0.05) is 11.6 Å². The summed E-state index contributed by atoms with van der Waals surface area (Å²) in [6, 6.07) is 3.11. The minimum Gasteiger partial charge on any atom is -0.343 e. The number of nitrogens with zero attached hydrogens (tertiary/aromatic N) is 4. The Hall–Kier alpha value is -1.95. The predicted octanol–water partition coefficient (Wildman–Crippen LogP) is 0.793. The van der Waals surface area contributed by atoms with Crippen molar-refractivity contribution < 1.29 is 4.79 Å². The van der Waals surface area contributed by atoms with Crippen molar-refractivity contribution in [2.45, 2.75) is 6.54 Å². The first-order valence-corrected chi connectivity index (χ1v) is 5.27. The number of carbonyl (C=O) groups is 1. The number of hydrogen-bond donors (Lipinski definition) is 1. The van der Waals surface area contributed by atoms with Crippen molar-refractivity contribution in [3.8, 4) is 0 Å². The molecule has 7 heteroatoms. The maximum Gasteiger partial charge on any atom is 0.270 e. The molecule has 6 nitrogen and oxygen atoms in total. The third-order valence-electron chi connectivity index (χ3n) is 2.01. The van der Waals surface area contributed by atoms with Gasteiger partial charge in [0.2, 0.25) is 0 Å². The van der Waals surface area contributed by atoms with Crippen LogP contribution < -0.4 is 5.32 Å². The molecule has 0 aromatic carbocycles. The highest BCUT2D eigenvalue weighted by molar-refractivity contribution is 6.30. The Kier molecular flexibility index (Phi) is 3.34. The van der Waals surface area contributed by atoms with E-state index in [0.29, 0.717) is 10.8 Å². The van der Waals surface area contributed by atoms with E-state index < -0.39 is 0 Å². The quantitative estimate of drug-likeness (QED) is 0.876. The molecule has 1 amide bonds. The molecule has 88 valence electrons. The van der Waals surface area contributed by atoms with Gasteiger partial charge in [-0.3, -0.25) is 14.5 Å². The monoisotopic (exact) mass is 251 g/mol. The fourth-order valence-electron chi connectivity index (χ4n) is 1.24. The van der Waals surface area contributed by atoms with Gasteiger partial charge in [-0.25, -0.2) is 4.98 Å². The van der Waals surface area contributed by atoms with Gasteiger partial charge in [0.15, 0.2) is 5.82 Å². The van der Waals surface area contributed by atoms with E-state index in [2.05, 4.69) is 20.4 Å². The van der Waals surface area contributed by atoms with Crippen molar-refractivity contribution in [3.63, 3.8) is 0 Å². The van der Waals surface area contributed by atoms with Gasteiger partial charge in [-0.2, -0.15) is 5.10 Å². The van der Waals surface area contributed by atoms with Gasteiger partial charge in [-0.05, 0) is 12.1 Å². The number of aryl methyl sites for hydroxylation is 1. The predicted molar refractivity (Wildman–Crippen MR) is 61.4 cm³/mol. The van der Waals surface area contributed by atoms with Crippen molar-refractivity contribution in [2.24, 2.45) is 7.05 Å². The normalized spacial score (nSPS) is 10.2. The molecule has 0 atom stereocenters. The summed E-state index contributed by atoms with van der Waals surface area (Å²) in [5.41, 5.74) is 0.272. The molecule has 0 aliphatic rings. The van der Waals surface area contributed by atoms with Crippen LogP contribution in [0.15, 0.2) is 24.7 Å². The van der Waals surface area contributed by atoms with Gasteiger partial charge in [0.25, 0.3) is 5.91 Å². The first-order valence-electron chi connectivity index (χ1n) is 4.89. The molecule has 2 rings (SSSR count). The van der Waals surface area contributed by atoms with Crippen LogP contribution in [0.5, 0.6) is 0 Å². The summed E-state index contributed by atoms with van der Waals surface area (Å²) < 4.78 is 1.57. The summed E-state index contributed by atoms with van der Waals surface area (Å²) in [6.45, 7) is 0.258. The van der Waals surface area contributed by atoms with Crippen LogP contribution in [0, 0.1) is 0 Å². The second-order valence-electron chi connectivity index (χ2n) is 3.38. The molecule has 0 spiro atoms. The fourth-order valence-corrected chi connectivity index (χ4v) is 1.40. The van der Waals surface area contributed by atoms with Gasteiger partial charge in [-0.15, -0.1) is 0 Å². The lowest BCUT2D eigenvalue weighted by Crippen LogP contribution is -2.24. The van der Waals surface area contributed by atoms with Crippen LogP contribution >= 0.6 is 11.6 Å². The first kappa shape index (κ1) is 11.5. The Balaban J connectivity index is 1.98. The van der Waals surface area contributed by atoms with Crippen LogP contribution in [-0.2, 0) is 13.6 Å². The van der Waals surface area contributed by atoms with E-state index in [9.17, 15) is 4.79 Å². The molecular formula is C10H10ClN5O. The van der Waals surface area contributed by atoms with E-state index in [-0.39, 0.29) is 18.1 Å². The zero-order valence-electron chi connectivity index (χ0n) is 9.09. The summed E-state index contributed by atoms with van der Waals surface area (Å²) >= 11 is 5.76. The highest BCUT2D eigenvalue weighted by atomic mass is 35.5. The van der Waals surface area contributed by atoms with Crippen molar-refractivity contribution in [2.75, 3.05) is 0 Å². The van der Waals surface area contributed by atoms with E-state index in [0.717, 1.165) is 0 Å². The molecule has 17 heavy (non-hydrogen) atoms. The lowest BCUT2D eigenvalue weighted by atomic mass is 10.3. The Morgan fingerprint density at radius 3 is 3.00 bits per heavy atom. The van der Waals surface area contributed by atoms with E-state index >= 15 is 0 Å². The number of carbonyl (C=O) groups excluding carboxylic acids is 1. The molecule has 0 radical (unpaired) electrons. The van der Waals surface area contributed by atoms with Crippen LogP contribution in [0.1, 0.15) is 16.3 Å². The lowest BCUT2D eigenvalue weighted by Gasteiger charge is -2.01. The molecule has 2 heterocycles. The van der Waals surface area contributed by atoms with Gasteiger partial charge in [0, 0.05) is 18.3 Å². The second-order valence-corrected chi connectivity index (χ2v) is 3.81. The average molecular weight is 252 g/mol. The smallest absolute Gasteiger partial charge is 0.270 e. The van der Waals surface area contributed by atoms with Crippen molar-refractivity contribution in [1.29, 1.82) is 0 Å². The number of pyridine rings is 1. The van der Waals surface area contributed by atoms with Gasteiger partial charge in [0.1, 0.15) is 12.0 Å². The van der Waals surface area contributed by atoms with E-state index in [1.807, 2.05) is 0 Å². The van der Waals surface area contributed by atoms with Crippen LogP contribution in [0.4, 0.5) is 0 Å². The van der Waals surface area contributed by atoms with Crippen LogP contribution in [0.2, 0.25) is 5.02 Å². The fraction of sp³-hybridized carbons (Fsp3) is 0.200. The number of amides is 1. The third-order valence-corrected chi connectivity index (χ3v) is 2.24. The SMILES string of the molecule is Cn1cnc(CNC(=O)c2cc(Cl)ccn2)n1. The molecule has 0 bridgehead atoms. The lowest BCUT2D eigenvalue weighted by molar-refractivity contribution is 0.0945. The minimum atomic E-state index is -0.306. The van der Waals surface area contributed by atoms with E-state index in [1.165, 1.54) is 12.3 Å². The molecule has 2 aromatic heterocycles. The Bertz CT molecular complexity index is 539. The molecule has 0 fully saturated rings. The molecule has 0 aliphatic carbocycles. The largest absolute Gasteiger partial charge is 0.343 e. The number of halogens is 1. The molecule has 0 saturated heterocycles. The van der Waals surface area contributed by atoms with Gasteiger partial charge < -0.3 is 5.32 Å². The van der Waals surface area contributed by atoms with E-state index in [4.69, 9.17) is 11.6 Å². The average Bonchev–Trinajstić information content (AvgIpc) is 2.72. The topological polar surface area (TPSA) is 72.7 Å². The van der Waals surface area contributed by atoms with Gasteiger partial charge in [0.05, 0.1) is 6.54 Å². The van der Waals surface area contributed by atoms with Gasteiger partial charge >= 0.3 is 0 Å². The maximum absolute atomic E-state index is 11.7. The van der Waals surface area contributed by atoms with Crippen LogP contribution in [-0.4, -0.2) is 25.7 Å². The number of hydrogen-bond acceptors (Lipinski definition) is 4. The zero-order valence-corrected chi connectivity index (χ0v) is 9.85. The molecule has 0 unspecified atom stereocenters. The summed E-state index contributed by atoms with van der Waals surface area (Å²) in [5.74, 6) is 0.239. The maximum atomic E-state index is 11.7. The third kappa shape index (κ3) is 3.01. The number of nitrogens with one attached hydrogen (secondary N) is 1. The van der Waals surface area contributed by atoms with Crippen molar-refractivity contribution in [3.05, 3.63) is 41.2 Å². The standard InChI is InChI=1S/C10H10ClN5O/c1-16-6-14-9(15-16)5-13-10(17)8-4-7(11)2-3-12-8/h2-4,6H,5H2,1H3,(H,13,17). The Morgan fingerprint density at radius 1 is 1.53 bits per heavy atom. The minimum absolute atomic E-state index is 0.258. The summed E-state index contributed by atoms with van der Waals surface area (Å²) in [6.07, 6.45) is 3.05.